The number of carbonyl (C=O) groups excluding carboxylic acids is 3. The van der Waals surface area contributed by atoms with E-state index < -0.39 is 11.6 Å². The van der Waals surface area contributed by atoms with Gasteiger partial charge in [-0.05, 0) is 64.2 Å². The number of likely N-dealkylation sites (tertiary alicyclic amines) is 1. The number of nitrogens with zero attached hydrogens (tertiary/aromatic N) is 3. The molecule has 198 valence electrons. The fourth-order valence-corrected chi connectivity index (χ4v) is 5.04. The summed E-state index contributed by atoms with van der Waals surface area (Å²) in [6, 6.07) is 4.30. The number of anilines is 2. The average molecular weight is 504 g/mol. The summed E-state index contributed by atoms with van der Waals surface area (Å²) in [4.78, 5) is 42.0. The van der Waals surface area contributed by atoms with E-state index >= 15 is 0 Å². The number of imide groups is 1. The Morgan fingerprint density at radius 1 is 1.08 bits per heavy atom. The van der Waals surface area contributed by atoms with Gasteiger partial charge >= 0.3 is 6.09 Å². The molecule has 4 rings (SSSR count). The molecule has 10 heteroatoms. The first kappa shape index (κ1) is 26.2. The largest absolute Gasteiger partial charge is 0.444 e. The molecule has 0 bridgehead atoms. The quantitative estimate of drug-likeness (QED) is 0.597. The Labute approximate surface area is 212 Å². The Morgan fingerprint density at radius 3 is 2.42 bits per heavy atom. The fourth-order valence-electron chi connectivity index (χ4n) is 5.04. The van der Waals surface area contributed by atoms with Crippen LogP contribution in [0.5, 0.6) is 0 Å². The van der Waals surface area contributed by atoms with Crippen LogP contribution < -0.4 is 15.5 Å². The van der Waals surface area contributed by atoms with Crippen LogP contribution in [0, 0.1) is 11.7 Å². The molecular formula is C26H38FN5O4. The van der Waals surface area contributed by atoms with Crippen molar-refractivity contribution in [1.82, 2.24) is 15.1 Å². The number of nitrogens with one attached hydrogen (secondary N) is 2. The maximum atomic E-state index is 14.7. The number of benzene rings is 1. The Kier molecular flexibility index (Phi) is 8.02. The van der Waals surface area contributed by atoms with Crippen LogP contribution in [0.15, 0.2) is 18.2 Å². The molecule has 3 fully saturated rings. The van der Waals surface area contributed by atoms with Crippen molar-refractivity contribution in [1.29, 1.82) is 0 Å². The molecule has 0 aromatic heterocycles. The third kappa shape index (κ3) is 6.87. The van der Waals surface area contributed by atoms with Crippen molar-refractivity contribution in [3.8, 4) is 0 Å². The summed E-state index contributed by atoms with van der Waals surface area (Å²) >= 11 is 0. The van der Waals surface area contributed by atoms with Gasteiger partial charge in [0.15, 0.2) is 0 Å². The van der Waals surface area contributed by atoms with E-state index in [1.165, 1.54) is 6.07 Å². The van der Waals surface area contributed by atoms with E-state index in [2.05, 4.69) is 15.5 Å². The molecule has 9 nitrogen and oxygen atoms in total. The minimum absolute atomic E-state index is 0.231. The number of piperidine rings is 2. The van der Waals surface area contributed by atoms with Crippen molar-refractivity contribution in [2.75, 3.05) is 56.0 Å². The van der Waals surface area contributed by atoms with Crippen LogP contribution in [0.4, 0.5) is 20.6 Å². The van der Waals surface area contributed by atoms with Crippen LogP contribution in [-0.4, -0.2) is 85.2 Å². The van der Waals surface area contributed by atoms with Gasteiger partial charge in [-0.3, -0.25) is 19.8 Å². The number of halogens is 1. The van der Waals surface area contributed by atoms with Crippen molar-refractivity contribution in [2.45, 2.75) is 58.1 Å². The number of rotatable bonds is 5. The zero-order valence-electron chi connectivity index (χ0n) is 21.5. The maximum Gasteiger partial charge on any atom is 0.410 e. The van der Waals surface area contributed by atoms with E-state index in [1.54, 1.807) is 17.0 Å². The molecule has 36 heavy (non-hydrogen) atoms. The topological polar surface area (TPSA) is 94.2 Å². The zero-order chi connectivity index (χ0) is 25.9. The van der Waals surface area contributed by atoms with Gasteiger partial charge in [0, 0.05) is 57.9 Å². The summed E-state index contributed by atoms with van der Waals surface area (Å²) in [5, 5.41) is 5.48. The van der Waals surface area contributed by atoms with E-state index in [9.17, 15) is 18.8 Å². The molecule has 3 aliphatic heterocycles. The van der Waals surface area contributed by atoms with Gasteiger partial charge in [0.05, 0.1) is 5.69 Å². The number of hydrogen-bond acceptors (Lipinski definition) is 7. The first-order valence-electron chi connectivity index (χ1n) is 12.9. The van der Waals surface area contributed by atoms with Gasteiger partial charge in [-0.1, -0.05) is 0 Å². The van der Waals surface area contributed by atoms with Gasteiger partial charge in [-0.25, -0.2) is 9.18 Å². The third-order valence-electron chi connectivity index (χ3n) is 7.02. The highest BCUT2D eigenvalue weighted by atomic mass is 19.1. The van der Waals surface area contributed by atoms with E-state index in [4.69, 9.17) is 4.74 Å². The highest BCUT2D eigenvalue weighted by molar-refractivity contribution is 6.01. The molecule has 0 spiro atoms. The smallest absolute Gasteiger partial charge is 0.410 e. The molecule has 0 radical (unpaired) electrons. The van der Waals surface area contributed by atoms with Gasteiger partial charge < -0.3 is 19.9 Å². The molecule has 0 aliphatic carbocycles. The summed E-state index contributed by atoms with van der Waals surface area (Å²) in [5.74, 6) is -0.355. The van der Waals surface area contributed by atoms with Crippen LogP contribution in [0.1, 0.15) is 46.5 Å². The average Bonchev–Trinajstić information content (AvgIpc) is 2.82. The lowest BCUT2D eigenvalue weighted by atomic mass is 9.96. The van der Waals surface area contributed by atoms with Crippen molar-refractivity contribution < 1.29 is 23.5 Å². The van der Waals surface area contributed by atoms with E-state index in [0.29, 0.717) is 30.1 Å². The maximum absolute atomic E-state index is 14.7. The molecule has 3 saturated heterocycles. The van der Waals surface area contributed by atoms with Crippen molar-refractivity contribution >= 4 is 29.3 Å². The molecule has 3 amide bonds. The second kappa shape index (κ2) is 11.0. The van der Waals surface area contributed by atoms with Crippen LogP contribution in [0.25, 0.3) is 0 Å². The summed E-state index contributed by atoms with van der Waals surface area (Å²) in [5.41, 5.74) is 0.714. The highest BCUT2D eigenvalue weighted by Gasteiger charge is 2.30. The molecule has 1 atom stereocenters. The lowest BCUT2D eigenvalue weighted by molar-refractivity contribution is -0.133. The van der Waals surface area contributed by atoms with Crippen LogP contribution in [0.3, 0.4) is 0 Å². The minimum Gasteiger partial charge on any atom is -0.444 e. The lowest BCUT2D eigenvalue weighted by Crippen LogP contribution is -2.49. The Bertz CT molecular complexity index is 966. The van der Waals surface area contributed by atoms with Crippen molar-refractivity contribution in [2.24, 2.45) is 5.92 Å². The van der Waals surface area contributed by atoms with Gasteiger partial charge in [0.1, 0.15) is 17.5 Å². The Morgan fingerprint density at radius 2 is 1.78 bits per heavy atom. The predicted molar refractivity (Wildman–Crippen MR) is 135 cm³/mol. The number of piperazine rings is 1. The summed E-state index contributed by atoms with van der Waals surface area (Å²) < 4.78 is 20.2. The minimum atomic E-state index is -0.500. The standard InChI is InChI=1S/C26H38FN5O4/c1-26(2,3)36-25(35)32-10-8-18(9-11-32)17-30-12-14-31(15-13-30)22-16-19(4-5-20(22)27)28-21-6-7-23(33)29-24(21)34/h4-5,16,18,21,28H,6-15,17H2,1-3H3,(H,29,33,34). The number of hydrogen-bond donors (Lipinski definition) is 2. The number of carbonyl (C=O) groups is 3. The van der Waals surface area contributed by atoms with E-state index in [1.807, 2.05) is 25.7 Å². The second-order valence-electron chi connectivity index (χ2n) is 11.0. The summed E-state index contributed by atoms with van der Waals surface area (Å²) in [6.07, 6.45) is 2.40. The van der Waals surface area contributed by atoms with Gasteiger partial charge in [0.25, 0.3) is 0 Å². The molecule has 1 unspecified atom stereocenters. The molecule has 3 heterocycles. The number of amides is 3. The predicted octanol–water partition coefficient (Wildman–Crippen LogP) is 2.81. The molecule has 0 saturated carbocycles. The summed E-state index contributed by atoms with van der Waals surface area (Å²) in [7, 11) is 0. The van der Waals surface area contributed by atoms with E-state index in [-0.39, 0.29) is 23.7 Å². The molecule has 2 N–H and O–H groups in total. The zero-order valence-corrected chi connectivity index (χ0v) is 21.5. The third-order valence-corrected chi connectivity index (χ3v) is 7.02. The Balaban J connectivity index is 1.24. The Hall–Kier alpha value is -2.88. The molecule has 1 aromatic carbocycles. The van der Waals surface area contributed by atoms with Gasteiger partial charge in [-0.15, -0.1) is 0 Å². The lowest BCUT2D eigenvalue weighted by Gasteiger charge is -2.40. The normalized spacial score (nSPS) is 22.4. The van der Waals surface area contributed by atoms with Crippen molar-refractivity contribution in [3.63, 3.8) is 0 Å². The fraction of sp³-hybridized carbons (Fsp3) is 0.654. The first-order chi connectivity index (χ1) is 17.1. The second-order valence-corrected chi connectivity index (χ2v) is 11.0. The SMILES string of the molecule is CC(C)(C)OC(=O)N1CCC(CN2CCN(c3cc(NC4CCC(=O)NC4=O)ccc3F)CC2)CC1. The first-order valence-corrected chi connectivity index (χ1v) is 12.9. The van der Waals surface area contributed by atoms with Crippen molar-refractivity contribution in [3.05, 3.63) is 24.0 Å². The number of ether oxygens (including phenoxy) is 1. The van der Waals surface area contributed by atoms with Crippen LogP contribution in [-0.2, 0) is 14.3 Å². The van der Waals surface area contributed by atoms with Crippen LogP contribution in [0.2, 0.25) is 0 Å². The van der Waals surface area contributed by atoms with Crippen LogP contribution >= 0.6 is 0 Å². The molecule has 1 aromatic rings. The molecular weight excluding hydrogens is 465 g/mol. The molecule has 3 aliphatic rings. The van der Waals surface area contributed by atoms with Gasteiger partial charge in [-0.2, -0.15) is 0 Å². The highest BCUT2D eigenvalue weighted by Crippen LogP contribution is 2.27. The summed E-state index contributed by atoms with van der Waals surface area (Å²) in [6.45, 7) is 11.2. The van der Waals surface area contributed by atoms with E-state index in [0.717, 1.165) is 58.7 Å². The monoisotopic (exact) mass is 503 g/mol. The van der Waals surface area contributed by atoms with Gasteiger partial charge in [0.2, 0.25) is 11.8 Å².